The van der Waals surface area contributed by atoms with Gasteiger partial charge in [0.05, 0.1) is 11.8 Å². The SMILES string of the molecule is CCN(CC1CCNCC1)C(=O)c1ccoc1C. The Kier molecular flexibility index (Phi) is 4.42. The summed E-state index contributed by atoms with van der Waals surface area (Å²) in [5, 5.41) is 3.35. The molecule has 1 N–H and O–H groups in total. The fraction of sp³-hybridized carbons (Fsp3) is 0.643. The molecule has 1 aromatic heterocycles. The molecular formula is C14H22N2O2. The molecule has 0 bridgehead atoms. The first-order valence-corrected chi connectivity index (χ1v) is 6.76. The number of hydrogen-bond acceptors (Lipinski definition) is 3. The Morgan fingerprint density at radius 3 is 2.78 bits per heavy atom. The summed E-state index contributed by atoms with van der Waals surface area (Å²) in [4.78, 5) is 14.3. The first kappa shape index (κ1) is 13.1. The van der Waals surface area contributed by atoms with Crippen molar-refractivity contribution in [3.8, 4) is 0 Å². The molecule has 1 aliphatic heterocycles. The second kappa shape index (κ2) is 6.05. The number of nitrogens with one attached hydrogen (secondary N) is 1. The minimum atomic E-state index is 0.0993. The van der Waals surface area contributed by atoms with Crippen molar-refractivity contribution in [3.63, 3.8) is 0 Å². The van der Waals surface area contributed by atoms with E-state index in [-0.39, 0.29) is 5.91 Å². The van der Waals surface area contributed by atoms with Crippen LogP contribution >= 0.6 is 0 Å². The lowest BCUT2D eigenvalue weighted by Crippen LogP contribution is -2.39. The molecule has 2 rings (SSSR count). The first-order valence-electron chi connectivity index (χ1n) is 6.76. The molecule has 1 aliphatic rings. The van der Waals surface area contributed by atoms with Crippen molar-refractivity contribution in [2.45, 2.75) is 26.7 Å². The number of nitrogens with zero attached hydrogens (tertiary/aromatic N) is 1. The monoisotopic (exact) mass is 250 g/mol. The molecule has 1 amide bonds. The van der Waals surface area contributed by atoms with Crippen molar-refractivity contribution in [2.75, 3.05) is 26.2 Å². The Morgan fingerprint density at radius 1 is 1.50 bits per heavy atom. The lowest BCUT2D eigenvalue weighted by Gasteiger charge is -2.29. The van der Waals surface area contributed by atoms with Crippen LogP contribution in [0.1, 0.15) is 35.9 Å². The number of rotatable bonds is 4. The Labute approximate surface area is 108 Å². The molecule has 4 nitrogen and oxygen atoms in total. The van der Waals surface area contributed by atoms with E-state index in [4.69, 9.17) is 4.42 Å². The van der Waals surface area contributed by atoms with Gasteiger partial charge < -0.3 is 14.6 Å². The Hall–Kier alpha value is -1.29. The quantitative estimate of drug-likeness (QED) is 0.889. The van der Waals surface area contributed by atoms with Gasteiger partial charge in [-0.3, -0.25) is 4.79 Å². The van der Waals surface area contributed by atoms with E-state index < -0.39 is 0 Å². The van der Waals surface area contributed by atoms with E-state index in [2.05, 4.69) is 5.32 Å². The zero-order chi connectivity index (χ0) is 13.0. The highest BCUT2D eigenvalue weighted by Crippen LogP contribution is 2.17. The van der Waals surface area contributed by atoms with E-state index in [1.165, 1.54) is 0 Å². The zero-order valence-electron chi connectivity index (χ0n) is 11.2. The topological polar surface area (TPSA) is 45.5 Å². The molecule has 0 radical (unpaired) electrons. The van der Waals surface area contributed by atoms with Crippen LogP contribution in [0.15, 0.2) is 16.7 Å². The molecule has 2 heterocycles. The van der Waals surface area contributed by atoms with Crippen LogP contribution < -0.4 is 5.32 Å². The largest absolute Gasteiger partial charge is 0.469 e. The summed E-state index contributed by atoms with van der Waals surface area (Å²) >= 11 is 0. The van der Waals surface area contributed by atoms with E-state index in [9.17, 15) is 4.79 Å². The summed E-state index contributed by atoms with van der Waals surface area (Å²) in [6.45, 7) is 7.64. The van der Waals surface area contributed by atoms with Crippen LogP contribution in [-0.2, 0) is 0 Å². The Bertz CT molecular complexity index is 394. The van der Waals surface area contributed by atoms with Crippen LogP contribution in [-0.4, -0.2) is 37.0 Å². The maximum Gasteiger partial charge on any atom is 0.257 e. The van der Waals surface area contributed by atoms with Crippen molar-refractivity contribution in [2.24, 2.45) is 5.92 Å². The predicted octanol–water partition coefficient (Wildman–Crippen LogP) is 2.05. The van der Waals surface area contributed by atoms with Gasteiger partial charge >= 0.3 is 0 Å². The van der Waals surface area contributed by atoms with Gasteiger partial charge in [0.25, 0.3) is 5.91 Å². The molecular weight excluding hydrogens is 228 g/mol. The number of furan rings is 1. The highest BCUT2D eigenvalue weighted by Gasteiger charge is 2.22. The van der Waals surface area contributed by atoms with Crippen molar-refractivity contribution in [1.82, 2.24) is 10.2 Å². The molecule has 0 saturated carbocycles. The van der Waals surface area contributed by atoms with Gasteiger partial charge in [0.1, 0.15) is 5.76 Å². The lowest BCUT2D eigenvalue weighted by molar-refractivity contribution is 0.0725. The zero-order valence-corrected chi connectivity index (χ0v) is 11.2. The average molecular weight is 250 g/mol. The third-order valence-electron chi connectivity index (χ3n) is 3.70. The van der Waals surface area contributed by atoms with E-state index >= 15 is 0 Å². The van der Waals surface area contributed by atoms with Gasteiger partial charge in [0.2, 0.25) is 0 Å². The van der Waals surface area contributed by atoms with E-state index in [0.29, 0.717) is 17.2 Å². The Morgan fingerprint density at radius 2 is 2.22 bits per heavy atom. The predicted molar refractivity (Wildman–Crippen MR) is 70.6 cm³/mol. The molecule has 100 valence electrons. The van der Waals surface area contributed by atoms with Gasteiger partial charge in [-0.2, -0.15) is 0 Å². The number of aryl methyl sites for hydroxylation is 1. The fourth-order valence-corrected chi connectivity index (χ4v) is 2.51. The molecule has 1 fully saturated rings. The van der Waals surface area contributed by atoms with Gasteiger partial charge in [-0.1, -0.05) is 0 Å². The molecule has 1 aromatic rings. The fourth-order valence-electron chi connectivity index (χ4n) is 2.51. The molecule has 0 aromatic carbocycles. The first-order chi connectivity index (χ1) is 8.72. The average Bonchev–Trinajstić information content (AvgIpc) is 2.82. The minimum absolute atomic E-state index is 0.0993. The summed E-state index contributed by atoms with van der Waals surface area (Å²) in [5.74, 6) is 1.44. The molecule has 0 unspecified atom stereocenters. The van der Waals surface area contributed by atoms with Crippen LogP contribution in [0.25, 0.3) is 0 Å². The summed E-state index contributed by atoms with van der Waals surface area (Å²) in [5.41, 5.74) is 0.700. The number of amides is 1. The third-order valence-corrected chi connectivity index (χ3v) is 3.70. The van der Waals surface area contributed by atoms with E-state index in [1.807, 2.05) is 18.7 Å². The smallest absolute Gasteiger partial charge is 0.257 e. The van der Waals surface area contributed by atoms with Crippen molar-refractivity contribution < 1.29 is 9.21 Å². The lowest BCUT2D eigenvalue weighted by atomic mass is 9.97. The van der Waals surface area contributed by atoms with Crippen molar-refractivity contribution in [1.29, 1.82) is 0 Å². The van der Waals surface area contributed by atoms with Gasteiger partial charge in [-0.05, 0) is 51.8 Å². The van der Waals surface area contributed by atoms with Crippen molar-refractivity contribution in [3.05, 3.63) is 23.7 Å². The van der Waals surface area contributed by atoms with Crippen LogP contribution in [0, 0.1) is 12.8 Å². The summed E-state index contributed by atoms with van der Waals surface area (Å²) in [7, 11) is 0. The second-order valence-corrected chi connectivity index (χ2v) is 4.93. The maximum atomic E-state index is 12.4. The molecule has 0 spiro atoms. The van der Waals surface area contributed by atoms with E-state index in [0.717, 1.165) is 39.0 Å². The molecule has 0 aliphatic carbocycles. The normalized spacial score (nSPS) is 16.8. The highest BCUT2D eigenvalue weighted by molar-refractivity contribution is 5.95. The van der Waals surface area contributed by atoms with Crippen LogP contribution in [0.3, 0.4) is 0 Å². The summed E-state index contributed by atoms with van der Waals surface area (Å²) in [6.07, 6.45) is 3.91. The molecule has 0 atom stereocenters. The van der Waals surface area contributed by atoms with Gasteiger partial charge in [0.15, 0.2) is 0 Å². The number of carbonyl (C=O) groups excluding carboxylic acids is 1. The van der Waals surface area contributed by atoms with Crippen LogP contribution in [0.2, 0.25) is 0 Å². The maximum absolute atomic E-state index is 12.4. The second-order valence-electron chi connectivity index (χ2n) is 4.93. The Balaban J connectivity index is 1.99. The van der Waals surface area contributed by atoms with Gasteiger partial charge in [-0.15, -0.1) is 0 Å². The molecule has 1 saturated heterocycles. The third kappa shape index (κ3) is 2.93. The number of hydrogen-bond donors (Lipinski definition) is 1. The van der Waals surface area contributed by atoms with Gasteiger partial charge in [0, 0.05) is 13.1 Å². The summed E-state index contributed by atoms with van der Waals surface area (Å²) in [6, 6.07) is 1.77. The molecule has 18 heavy (non-hydrogen) atoms. The van der Waals surface area contributed by atoms with Gasteiger partial charge in [-0.25, -0.2) is 0 Å². The number of carbonyl (C=O) groups is 1. The van der Waals surface area contributed by atoms with Crippen LogP contribution in [0.4, 0.5) is 0 Å². The minimum Gasteiger partial charge on any atom is -0.469 e. The molecule has 4 heteroatoms. The summed E-state index contributed by atoms with van der Waals surface area (Å²) < 4.78 is 5.21. The standard InChI is InChI=1S/C14H22N2O2/c1-3-16(10-12-4-7-15-8-5-12)14(17)13-6-9-18-11(13)2/h6,9,12,15H,3-5,7-8,10H2,1-2H3. The number of piperidine rings is 1. The highest BCUT2D eigenvalue weighted by atomic mass is 16.3. The van der Waals surface area contributed by atoms with Crippen LogP contribution in [0.5, 0.6) is 0 Å². The van der Waals surface area contributed by atoms with E-state index in [1.54, 1.807) is 12.3 Å². The van der Waals surface area contributed by atoms with Crippen molar-refractivity contribution >= 4 is 5.91 Å².